The molecule has 12 nitrogen and oxygen atoms in total. The summed E-state index contributed by atoms with van der Waals surface area (Å²) < 4.78 is 38.9. The molecule has 4 N–H and O–H groups in total. The summed E-state index contributed by atoms with van der Waals surface area (Å²) in [4.78, 5) is 15.8. The quantitative estimate of drug-likeness (QED) is 0.184. The molecule has 4 aromatic rings. The summed E-state index contributed by atoms with van der Waals surface area (Å²) in [6, 6.07) is 13.5. The van der Waals surface area contributed by atoms with Crippen LogP contribution in [0.25, 0.3) is 10.9 Å². The van der Waals surface area contributed by atoms with Gasteiger partial charge in [0.15, 0.2) is 17.5 Å². The molecule has 2 aromatic carbocycles. The van der Waals surface area contributed by atoms with Crippen molar-refractivity contribution < 1.29 is 12.8 Å². The van der Waals surface area contributed by atoms with E-state index < -0.39 is 16.7 Å². The fourth-order valence-electron chi connectivity index (χ4n) is 5.67. The number of fused-ring (bicyclic) bond motifs is 1. The summed E-state index contributed by atoms with van der Waals surface area (Å²) in [7, 11) is -0.566. The zero-order valence-electron chi connectivity index (χ0n) is 23.4. The maximum Gasteiger partial charge on any atom is 0.229 e. The van der Waals surface area contributed by atoms with Crippen LogP contribution in [0.4, 0.5) is 33.3 Å². The number of para-hydroxylation sites is 1. The van der Waals surface area contributed by atoms with Gasteiger partial charge >= 0.3 is 0 Å². The maximum atomic E-state index is 14.6. The smallest absolute Gasteiger partial charge is 0.229 e. The number of likely N-dealkylation sites (N-methyl/N-ethyl adjacent to an activating group) is 1. The fourth-order valence-corrected chi connectivity index (χ4v) is 5.97. The van der Waals surface area contributed by atoms with Crippen LogP contribution in [0.5, 0.6) is 0 Å². The number of thiol groups is 1. The van der Waals surface area contributed by atoms with Gasteiger partial charge in [-0.25, -0.2) is 22.5 Å². The number of aromatic nitrogens is 4. The van der Waals surface area contributed by atoms with Gasteiger partial charge in [-0.15, -0.1) is 0 Å². The van der Waals surface area contributed by atoms with Gasteiger partial charge in [0.25, 0.3) is 0 Å². The van der Waals surface area contributed by atoms with Crippen LogP contribution in [0.2, 0.25) is 0 Å². The summed E-state index contributed by atoms with van der Waals surface area (Å²) in [6.45, 7) is 6.60. The standard InChI is InChI=1S/C28H35FN10O2S/c1-37-12-14-38(15-13-37)21-8-10-39(11-9-21)27-22-7-6-20(16-25(22)35-36-27)32-28-30-18-23(29)26(34-28)33-24-5-3-2-4-19(24)17-31-42(40)41/h2-7,16,18,21,42H,8-15,17H2,1H3,(H,35,36)(H,31,40,41)(H2,30,32,33,34). The molecule has 0 bridgehead atoms. The van der Waals surface area contributed by atoms with E-state index in [9.17, 15) is 12.8 Å². The van der Waals surface area contributed by atoms with Crippen LogP contribution in [0.15, 0.2) is 48.7 Å². The molecular formula is C28H35FN10O2S. The van der Waals surface area contributed by atoms with Gasteiger partial charge in [0.2, 0.25) is 16.8 Å². The lowest BCUT2D eigenvalue weighted by molar-refractivity contribution is 0.0981. The third-order valence-corrected chi connectivity index (χ3v) is 8.45. The first-order chi connectivity index (χ1) is 20.4. The molecule has 2 aromatic heterocycles. The minimum atomic E-state index is -2.76. The van der Waals surface area contributed by atoms with Crippen molar-refractivity contribution in [2.24, 2.45) is 0 Å². The van der Waals surface area contributed by atoms with E-state index >= 15 is 0 Å². The monoisotopic (exact) mass is 594 g/mol. The van der Waals surface area contributed by atoms with Crippen molar-refractivity contribution in [1.29, 1.82) is 0 Å². The van der Waals surface area contributed by atoms with Crippen LogP contribution in [0.3, 0.4) is 0 Å². The second-order valence-corrected chi connectivity index (χ2v) is 11.6. The molecule has 0 atom stereocenters. The fraction of sp³-hybridized carbons (Fsp3) is 0.393. The molecule has 0 unspecified atom stereocenters. The van der Waals surface area contributed by atoms with Gasteiger partial charge in [0.1, 0.15) is 0 Å². The first-order valence-corrected chi connectivity index (χ1v) is 15.3. The second-order valence-electron chi connectivity index (χ2n) is 10.8. The highest BCUT2D eigenvalue weighted by molar-refractivity contribution is 7.70. The Hall–Kier alpha value is -3.85. The van der Waals surface area contributed by atoms with Crippen LogP contribution in [-0.2, 0) is 17.4 Å². The third-order valence-electron chi connectivity index (χ3n) is 8.03. The predicted octanol–water partition coefficient (Wildman–Crippen LogP) is 2.81. The number of rotatable bonds is 9. The van der Waals surface area contributed by atoms with E-state index in [1.165, 1.54) is 0 Å². The Bertz CT molecular complexity index is 1610. The molecule has 0 spiro atoms. The number of nitrogens with zero attached hydrogens (tertiary/aromatic N) is 6. The zero-order chi connectivity index (χ0) is 29.1. The molecule has 0 amide bonds. The number of benzene rings is 2. The molecule has 4 heterocycles. The zero-order valence-corrected chi connectivity index (χ0v) is 24.3. The first kappa shape index (κ1) is 28.3. The van der Waals surface area contributed by atoms with Crippen LogP contribution in [0, 0.1) is 5.82 Å². The van der Waals surface area contributed by atoms with Crippen molar-refractivity contribution in [2.75, 3.05) is 61.8 Å². The van der Waals surface area contributed by atoms with Crippen molar-refractivity contribution in [2.45, 2.75) is 25.4 Å². The Balaban J connectivity index is 1.12. The number of nitrogens with one attached hydrogen (secondary N) is 4. The predicted molar refractivity (Wildman–Crippen MR) is 163 cm³/mol. The summed E-state index contributed by atoms with van der Waals surface area (Å²) >= 11 is 0. The first-order valence-electron chi connectivity index (χ1n) is 14.1. The number of halogens is 1. The molecule has 0 saturated carbocycles. The van der Waals surface area contributed by atoms with Crippen molar-refractivity contribution in [3.05, 3.63) is 60.0 Å². The minimum absolute atomic E-state index is 0.0312. The molecule has 0 radical (unpaired) electrons. The summed E-state index contributed by atoms with van der Waals surface area (Å²) in [5.74, 6) is 0.509. The average Bonchev–Trinajstić information content (AvgIpc) is 3.42. The Morgan fingerprint density at radius 3 is 2.60 bits per heavy atom. The van der Waals surface area contributed by atoms with Crippen LogP contribution in [0.1, 0.15) is 18.4 Å². The Morgan fingerprint density at radius 2 is 1.81 bits per heavy atom. The molecule has 0 aliphatic carbocycles. The van der Waals surface area contributed by atoms with Crippen molar-refractivity contribution >= 4 is 50.8 Å². The Labute approximate surface area is 245 Å². The van der Waals surface area contributed by atoms with E-state index in [1.807, 2.05) is 18.2 Å². The van der Waals surface area contributed by atoms with Crippen molar-refractivity contribution in [3.8, 4) is 0 Å². The van der Waals surface area contributed by atoms with Gasteiger partial charge in [0.05, 0.1) is 11.7 Å². The lowest BCUT2D eigenvalue weighted by Crippen LogP contribution is -2.52. The molecule has 6 rings (SSSR count). The largest absolute Gasteiger partial charge is 0.355 e. The number of anilines is 5. The lowest BCUT2D eigenvalue weighted by Gasteiger charge is -2.42. The summed E-state index contributed by atoms with van der Waals surface area (Å²) in [6.07, 6.45) is 3.36. The van der Waals surface area contributed by atoms with E-state index in [4.69, 9.17) is 0 Å². The van der Waals surface area contributed by atoms with E-state index in [0.717, 1.165) is 80.7 Å². The number of H-pyrrole nitrogens is 1. The van der Waals surface area contributed by atoms with E-state index in [-0.39, 0.29) is 18.3 Å². The molecule has 2 aliphatic rings. The highest BCUT2D eigenvalue weighted by Crippen LogP contribution is 2.30. The van der Waals surface area contributed by atoms with E-state index in [0.29, 0.717) is 17.3 Å². The van der Waals surface area contributed by atoms with Gasteiger partial charge in [-0.3, -0.25) is 10.00 Å². The molecule has 222 valence electrons. The highest BCUT2D eigenvalue weighted by Gasteiger charge is 2.28. The summed E-state index contributed by atoms with van der Waals surface area (Å²) in [5, 5.41) is 15.0. The highest BCUT2D eigenvalue weighted by atomic mass is 32.2. The number of piperazine rings is 1. The molecule has 42 heavy (non-hydrogen) atoms. The molecular weight excluding hydrogens is 559 g/mol. The minimum Gasteiger partial charge on any atom is -0.355 e. The SMILES string of the molecule is CN1CCN(C2CCN(c3n[nH]c4cc(Nc5ncc(F)c(Nc6ccccc6CN[SH](=O)=O)n5)ccc34)CC2)CC1. The van der Waals surface area contributed by atoms with Gasteiger partial charge in [0, 0.05) is 68.6 Å². The van der Waals surface area contributed by atoms with Crippen LogP contribution in [-0.4, -0.2) is 90.7 Å². The van der Waals surface area contributed by atoms with Crippen LogP contribution >= 0.6 is 0 Å². The van der Waals surface area contributed by atoms with Crippen molar-refractivity contribution in [1.82, 2.24) is 34.7 Å². The lowest BCUT2D eigenvalue weighted by atomic mass is 10.0. The molecule has 2 saturated heterocycles. The third kappa shape index (κ3) is 6.46. The average molecular weight is 595 g/mol. The summed E-state index contributed by atoms with van der Waals surface area (Å²) in [5.41, 5.74) is 2.79. The number of hydrogen-bond acceptors (Lipinski definition) is 10. The normalized spacial score (nSPS) is 17.3. The maximum absolute atomic E-state index is 14.6. The van der Waals surface area contributed by atoms with E-state index in [2.05, 4.69) is 57.3 Å². The number of aromatic amines is 1. The molecule has 2 aliphatic heterocycles. The number of piperidine rings is 1. The Kier molecular flexibility index (Phi) is 8.46. The number of hydrogen-bond donors (Lipinski definition) is 5. The van der Waals surface area contributed by atoms with Crippen molar-refractivity contribution in [3.63, 3.8) is 0 Å². The molecule has 14 heteroatoms. The van der Waals surface area contributed by atoms with Crippen LogP contribution < -0.4 is 20.3 Å². The topological polar surface area (TPSA) is 134 Å². The molecule has 2 fully saturated rings. The van der Waals surface area contributed by atoms with Gasteiger partial charge in [-0.2, -0.15) is 10.1 Å². The second kappa shape index (κ2) is 12.6. The van der Waals surface area contributed by atoms with Gasteiger partial charge < -0.3 is 20.4 Å². The van der Waals surface area contributed by atoms with E-state index in [1.54, 1.807) is 24.3 Å². The Morgan fingerprint density at radius 1 is 1.02 bits per heavy atom. The van der Waals surface area contributed by atoms with Gasteiger partial charge in [-0.1, -0.05) is 18.2 Å². The van der Waals surface area contributed by atoms with Gasteiger partial charge in [-0.05, 0) is 49.7 Å².